The Balaban J connectivity index is 1.87. The molecule has 0 atom stereocenters. The molecule has 10 heteroatoms. The highest BCUT2D eigenvalue weighted by Crippen LogP contribution is 2.42. The second-order valence-electron chi connectivity index (χ2n) is 6.50. The van der Waals surface area contributed by atoms with Crippen molar-refractivity contribution in [3.05, 3.63) is 69.0 Å². The van der Waals surface area contributed by atoms with E-state index >= 15 is 0 Å². The Morgan fingerprint density at radius 3 is 2.34 bits per heavy atom. The van der Waals surface area contributed by atoms with E-state index in [4.69, 9.17) is 27.9 Å². The van der Waals surface area contributed by atoms with Crippen LogP contribution in [-0.2, 0) is 20.9 Å². The van der Waals surface area contributed by atoms with Gasteiger partial charge in [-0.2, -0.15) is 0 Å². The minimum Gasteiger partial charge on any atom is -0.486 e. The molecule has 1 amide bonds. The maximum atomic E-state index is 12.0. The van der Waals surface area contributed by atoms with Crippen LogP contribution in [0.4, 0.5) is 5.00 Å². The van der Waals surface area contributed by atoms with E-state index in [1.165, 1.54) is 0 Å². The molecule has 2 N–H and O–H groups in total. The quantitative estimate of drug-likeness (QED) is 0.317. The van der Waals surface area contributed by atoms with E-state index in [0.717, 1.165) is 24.0 Å². The summed E-state index contributed by atoms with van der Waals surface area (Å²) in [7, 11) is 1.16. The van der Waals surface area contributed by atoms with Crippen molar-refractivity contribution in [3.8, 4) is 16.9 Å². The molecule has 0 aliphatic heterocycles. The molecule has 3 aromatic rings. The minimum atomic E-state index is -1.26. The summed E-state index contributed by atoms with van der Waals surface area (Å²) in [5.74, 6) is -2.40. The van der Waals surface area contributed by atoms with Gasteiger partial charge in [-0.1, -0.05) is 53.5 Å². The molecule has 0 bridgehead atoms. The first-order valence-electron chi connectivity index (χ1n) is 9.17. The summed E-state index contributed by atoms with van der Waals surface area (Å²) in [5.41, 5.74) is 1.55. The molecule has 2 aromatic carbocycles. The normalized spacial score (nSPS) is 10.5. The molecule has 0 aliphatic rings. The average Bonchev–Trinajstić information content (AvgIpc) is 3.17. The lowest BCUT2D eigenvalue weighted by Crippen LogP contribution is -2.18. The number of hydrogen-bond acceptors (Lipinski definition) is 6. The van der Waals surface area contributed by atoms with E-state index in [2.05, 4.69) is 10.1 Å². The highest BCUT2D eigenvalue weighted by Gasteiger charge is 2.23. The van der Waals surface area contributed by atoms with Gasteiger partial charge in [-0.15, -0.1) is 11.3 Å². The molecular weight excluding hydrogens is 477 g/mol. The van der Waals surface area contributed by atoms with Crippen molar-refractivity contribution in [1.29, 1.82) is 0 Å². The summed E-state index contributed by atoms with van der Waals surface area (Å²) >= 11 is 13.7. The van der Waals surface area contributed by atoms with Crippen molar-refractivity contribution in [2.75, 3.05) is 12.4 Å². The molecule has 0 fully saturated rings. The number of benzene rings is 2. The Morgan fingerprint density at radius 2 is 1.75 bits per heavy atom. The fraction of sp³-hybridized carbons (Fsp3) is 0.136. The van der Waals surface area contributed by atoms with Crippen LogP contribution in [0.5, 0.6) is 5.75 Å². The Kier molecular flexibility index (Phi) is 7.74. The van der Waals surface area contributed by atoms with Crippen molar-refractivity contribution < 1.29 is 29.0 Å². The average molecular weight is 494 g/mol. The maximum Gasteiger partial charge on any atom is 0.339 e. The van der Waals surface area contributed by atoms with Crippen LogP contribution >= 0.6 is 34.5 Å². The van der Waals surface area contributed by atoms with Crippen LogP contribution in [0.15, 0.2) is 47.8 Å². The van der Waals surface area contributed by atoms with Gasteiger partial charge in [-0.05, 0) is 23.3 Å². The Hall–Kier alpha value is -3.07. The van der Waals surface area contributed by atoms with Crippen LogP contribution in [0.1, 0.15) is 22.3 Å². The fourth-order valence-electron chi connectivity index (χ4n) is 2.83. The fourth-order valence-corrected chi connectivity index (χ4v) is 4.41. The Bertz CT molecular complexity index is 1140. The number of rotatable bonds is 8. The molecular formula is C22H17Cl2NO6S. The van der Waals surface area contributed by atoms with Crippen LogP contribution in [0.25, 0.3) is 11.1 Å². The van der Waals surface area contributed by atoms with Crippen molar-refractivity contribution >= 4 is 57.4 Å². The largest absolute Gasteiger partial charge is 0.486 e. The maximum absolute atomic E-state index is 12.0. The summed E-state index contributed by atoms with van der Waals surface area (Å²) in [6.45, 7) is 0.259. The van der Waals surface area contributed by atoms with Crippen LogP contribution in [0, 0.1) is 0 Å². The number of nitrogens with one attached hydrogen (secondary N) is 1. The van der Waals surface area contributed by atoms with E-state index in [1.807, 2.05) is 30.3 Å². The number of hydrogen-bond donors (Lipinski definition) is 2. The van der Waals surface area contributed by atoms with E-state index in [1.54, 1.807) is 17.5 Å². The molecule has 0 radical (unpaired) electrons. The van der Waals surface area contributed by atoms with Gasteiger partial charge in [-0.3, -0.25) is 9.59 Å². The number of carboxylic acids is 1. The van der Waals surface area contributed by atoms with Crippen LogP contribution in [0.2, 0.25) is 10.0 Å². The van der Waals surface area contributed by atoms with Gasteiger partial charge in [0.1, 0.15) is 23.6 Å². The van der Waals surface area contributed by atoms with Crippen LogP contribution < -0.4 is 10.1 Å². The number of methoxy groups -OCH3 is 1. The summed E-state index contributed by atoms with van der Waals surface area (Å²) < 4.78 is 10.2. The molecule has 0 aliphatic carbocycles. The number of thiophene rings is 1. The smallest absolute Gasteiger partial charge is 0.339 e. The predicted molar refractivity (Wildman–Crippen MR) is 123 cm³/mol. The molecule has 0 saturated heterocycles. The number of carboxylic acid groups (broad SMARTS) is 1. The predicted octanol–water partition coefficient (Wildman–Crippen LogP) is 5.50. The van der Waals surface area contributed by atoms with Crippen molar-refractivity contribution in [2.24, 2.45) is 0 Å². The zero-order valence-electron chi connectivity index (χ0n) is 16.7. The van der Waals surface area contributed by atoms with Crippen LogP contribution in [0.3, 0.4) is 0 Å². The van der Waals surface area contributed by atoms with Gasteiger partial charge in [0, 0.05) is 10.9 Å². The van der Waals surface area contributed by atoms with Crippen LogP contribution in [-0.4, -0.2) is 30.1 Å². The van der Waals surface area contributed by atoms with E-state index < -0.39 is 24.3 Å². The lowest BCUT2D eigenvalue weighted by molar-refractivity contribution is -0.142. The summed E-state index contributed by atoms with van der Waals surface area (Å²) in [6, 6.07) is 12.6. The standard InChI is InChI=1S/C22H17Cl2NO6S/c1-30-18(27)9-17(26)25-21-19(22(28)29)14(11-32-21)13-7-15(23)20(16(24)8-13)31-10-12-5-3-2-4-6-12/h2-8,11H,9-10H2,1H3,(H,25,26)(H,28,29). The number of amides is 1. The zero-order chi connectivity index (χ0) is 23.3. The van der Waals surface area contributed by atoms with E-state index in [-0.39, 0.29) is 33.0 Å². The zero-order valence-corrected chi connectivity index (χ0v) is 19.0. The number of ether oxygens (including phenoxy) is 2. The van der Waals surface area contributed by atoms with Gasteiger partial charge in [0.05, 0.1) is 17.2 Å². The molecule has 0 unspecified atom stereocenters. The van der Waals surface area contributed by atoms with E-state index in [9.17, 15) is 19.5 Å². The van der Waals surface area contributed by atoms with Gasteiger partial charge in [0.15, 0.2) is 5.75 Å². The third-order valence-corrected chi connectivity index (χ3v) is 5.78. The highest BCUT2D eigenvalue weighted by molar-refractivity contribution is 7.15. The third kappa shape index (κ3) is 5.59. The molecule has 7 nitrogen and oxygen atoms in total. The van der Waals surface area contributed by atoms with Gasteiger partial charge in [0.25, 0.3) is 0 Å². The summed E-state index contributed by atoms with van der Waals surface area (Å²) in [4.78, 5) is 35.2. The Morgan fingerprint density at radius 1 is 1.09 bits per heavy atom. The summed E-state index contributed by atoms with van der Waals surface area (Å²) in [5, 5.41) is 14.2. The second kappa shape index (κ2) is 10.5. The topological polar surface area (TPSA) is 102 Å². The number of anilines is 1. The number of aromatic carboxylic acids is 1. The minimum absolute atomic E-state index is 0.0815. The van der Waals surface area contributed by atoms with Gasteiger partial charge < -0.3 is 19.9 Å². The monoisotopic (exact) mass is 493 g/mol. The molecule has 0 saturated carbocycles. The number of esters is 1. The molecule has 1 aromatic heterocycles. The number of halogens is 2. The molecule has 166 valence electrons. The highest BCUT2D eigenvalue weighted by atomic mass is 35.5. The van der Waals surface area contributed by atoms with Crippen molar-refractivity contribution in [3.63, 3.8) is 0 Å². The Labute approximate surface area is 197 Å². The first-order valence-corrected chi connectivity index (χ1v) is 10.8. The second-order valence-corrected chi connectivity index (χ2v) is 8.20. The van der Waals surface area contributed by atoms with Crippen molar-refractivity contribution in [1.82, 2.24) is 0 Å². The van der Waals surface area contributed by atoms with Gasteiger partial charge in [0.2, 0.25) is 5.91 Å². The first-order chi connectivity index (χ1) is 15.3. The molecule has 32 heavy (non-hydrogen) atoms. The number of carbonyl (C=O) groups is 3. The third-order valence-electron chi connectivity index (χ3n) is 4.33. The molecule has 0 spiro atoms. The molecule has 1 heterocycles. The lowest BCUT2D eigenvalue weighted by Gasteiger charge is -2.12. The number of carbonyl (C=O) groups excluding carboxylic acids is 2. The first kappa shape index (κ1) is 23.6. The van der Waals surface area contributed by atoms with Crippen molar-refractivity contribution in [2.45, 2.75) is 13.0 Å². The molecule has 3 rings (SSSR count). The van der Waals surface area contributed by atoms with Gasteiger partial charge in [-0.25, -0.2) is 4.79 Å². The summed E-state index contributed by atoms with van der Waals surface area (Å²) in [6.07, 6.45) is -0.534. The SMILES string of the molecule is COC(=O)CC(=O)Nc1scc(-c2cc(Cl)c(OCc3ccccc3)c(Cl)c2)c1C(=O)O. The lowest BCUT2D eigenvalue weighted by atomic mass is 10.0. The van der Waals surface area contributed by atoms with E-state index in [0.29, 0.717) is 11.1 Å². The van der Waals surface area contributed by atoms with Gasteiger partial charge >= 0.3 is 11.9 Å².